The number of fused-ring (bicyclic) bond motifs is 8. The van der Waals surface area contributed by atoms with Gasteiger partial charge in [0, 0.05) is 60.9 Å². The molecule has 0 aliphatic heterocycles. The van der Waals surface area contributed by atoms with Gasteiger partial charge >= 0.3 is 0 Å². The van der Waals surface area contributed by atoms with Crippen LogP contribution in [0.2, 0.25) is 0 Å². The molecule has 4 aromatic heterocycles. The summed E-state index contributed by atoms with van der Waals surface area (Å²) in [7, 11) is 0. The zero-order chi connectivity index (χ0) is 38.2. The maximum Gasteiger partial charge on any atom is 0.165 e. The van der Waals surface area contributed by atoms with Crippen molar-refractivity contribution in [2.75, 3.05) is 0 Å². The Morgan fingerprint density at radius 3 is 1.53 bits per heavy atom. The third-order valence-corrected chi connectivity index (χ3v) is 11.1. The molecule has 0 amide bonds. The molecule has 8 aromatic carbocycles. The Labute approximate surface area is 331 Å². The van der Waals surface area contributed by atoms with Gasteiger partial charge in [0.05, 0.1) is 5.52 Å². The molecule has 58 heavy (non-hydrogen) atoms. The highest BCUT2D eigenvalue weighted by Crippen LogP contribution is 2.42. The molecule has 0 fully saturated rings. The van der Waals surface area contributed by atoms with Crippen molar-refractivity contribution in [1.29, 1.82) is 0 Å². The van der Waals surface area contributed by atoms with Crippen LogP contribution < -0.4 is 0 Å². The smallest absolute Gasteiger partial charge is 0.165 e. The number of pyridine rings is 1. The van der Waals surface area contributed by atoms with Gasteiger partial charge in [-0.25, -0.2) is 15.0 Å². The predicted octanol–water partition coefficient (Wildman–Crippen LogP) is 13.7. The summed E-state index contributed by atoms with van der Waals surface area (Å²) < 4.78 is 13.2. The molecule has 0 aliphatic rings. The van der Waals surface area contributed by atoms with Crippen LogP contribution in [0.15, 0.2) is 191 Å². The Balaban J connectivity index is 1.17. The van der Waals surface area contributed by atoms with Gasteiger partial charge in [-0.1, -0.05) is 133 Å². The molecule has 0 radical (unpaired) electrons. The Kier molecular flexibility index (Phi) is 7.13. The zero-order valence-corrected chi connectivity index (χ0v) is 30.9. The number of aromatic nitrogens is 4. The fourth-order valence-electron chi connectivity index (χ4n) is 8.48. The first-order chi connectivity index (χ1) is 28.7. The lowest BCUT2D eigenvalue weighted by Gasteiger charge is -2.14. The number of furan rings is 2. The number of benzene rings is 8. The molecule has 0 bridgehead atoms. The first-order valence-electron chi connectivity index (χ1n) is 19.3. The topological polar surface area (TPSA) is 77.8 Å². The third kappa shape index (κ3) is 5.12. The van der Waals surface area contributed by atoms with Crippen molar-refractivity contribution in [2.24, 2.45) is 0 Å². The number of nitrogens with zero attached hydrogens (tertiary/aromatic N) is 4. The van der Waals surface area contributed by atoms with E-state index in [-0.39, 0.29) is 0 Å². The van der Waals surface area contributed by atoms with E-state index in [1.165, 1.54) is 0 Å². The van der Waals surface area contributed by atoms with Gasteiger partial charge in [0.2, 0.25) is 0 Å². The van der Waals surface area contributed by atoms with Gasteiger partial charge in [-0.3, -0.25) is 4.98 Å². The van der Waals surface area contributed by atoms with E-state index in [1.807, 2.05) is 72.9 Å². The van der Waals surface area contributed by atoms with E-state index in [2.05, 4.69) is 109 Å². The summed E-state index contributed by atoms with van der Waals surface area (Å²) in [5.41, 5.74) is 10.7. The van der Waals surface area contributed by atoms with Crippen molar-refractivity contribution in [3.8, 4) is 56.4 Å². The van der Waals surface area contributed by atoms with Crippen LogP contribution in [0.25, 0.3) is 122 Å². The Morgan fingerprint density at radius 2 is 0.862 bits per heavy atom. The van der Waals surface area contributed by atoms with E-state index in [1.54, 1.807) is 0 Å². The molecule has 0 unspecified atom stereocenters. The van der Waals surface area contributed by atoms with E-state index in [9.17, 15) is 0 Å². The van der Waals surface area contributed by atoms with Crippen LogP contribution in [-0.4, -0.2) is 19.9 Å². The molecule has 270 valence electrons. The van der Waals surface area contributed by atoms with Crippen LogP contribution >= 0.6 is 0 Å². The maximum absolute atomic E-state index is 6.61. The summed E-state index contributed by atoms with van der Waals surface area (Å²) in [5, 5.41) is 7.36. The minimum absolute atomic E-state index is 0.547. The Morgan fingerprint density at radius 1 is 0.345 bits per heavy atom. The molecule has 4 heterocycles. The number of para-hydroxylation sites is 4. The van der Waals surface area contributed by atoms with Crippen molar-refractivity contribution in [3.63, 3.8) is 0 Å². The van der Waals surface area contributed by atoms with E-state index < -0.39 is 0 Å². The van der Waals surface area contributed by atoms with E-state index in [0.29, 0.717) is 17.5 Å². The molecule has 0 saturated heterocycles. The average Bonchev–Trinajstić information content (AvgIpc) is 3.87. The Hall–Kier alpha value is -7.96. The second-order valence-corrected chi connectivity index (χ2v) is 14.6. The molecule has 12 rings (SSSR count). The number of hydrogen-bond acceptors (Lipinski definition) is 6. The van der Waals surface area contributed by atoms with Crippen LogP contribution in [0.5, 0.6) is 0 Å². The number of hydrogen-bond donors (Lipinski definition) is 0. The molecular weight excluding hydrogens is 713 g/mol. The van der Waals surface area contributed by atoms with E-state index in [4.69, 9.17) is 28.8 Å². The quantitative estimate of drug-likeness (QED) is 0.163. The van der Waals surface area contributed by atoms with Crippen LogP contribution in [-0.2, 0) is 0 Å². The summed E-state index contributed by atoms with van der Waals surface area (Å²) in [5.74, 6) is 1.70. The molecule has 12 aromatic rings. The predicted molar refractivity (Wildman–Crippen MR) is 234 cm³/mol. The van der Waals surface area contributed by atoms with Crippen molar-refractivity contribution in [3.05, 3.63) is 182 Å². The molecule has 0 N–H and O–H groups in total. The largest absolute Gasteiger partial charge is 0.455 e. The number of rotatable bonds is 5. The first kappa shape index (κ1) is 32.3. The van der Waals surface area contributed by atoms with Gasteiger partial charge in [-0.2, -0.15) is 0 Å². The normalized spacial score (nSPS) is 11.8. The fraction of sp³-hybridized carbons (Fsp3) is 0. The molecule has 0 atom stereocenters. The molecule has 6 heteroatoms. The van der Waals surface area contributed by atoms with Gasteiger partial charge in [0.25, 0.3) is 0 Å². The highest BCUT2D eigenvalue weighted by molar-refractivity contribution is 6.13. The van der Waals surface area contributed by atoms with Crippen LogP contribution in [0.3, 0.4) is 0 Å². The molecule has 0 aliphatic carbocycles. The highest BCUT2D eigenvalue weighted by Gasteiger charge is 2.21. The van der Waals surface area contributed by atoms with E-state index >= 15 is 0 Å². The van der Waals surface area contributed by atoms with Crippen molar-refractivity contribution in [1.82, 2.24) is 19.9 Å². The summed E-state index contributed by atoms with van der Waals surface area (Å²) in [6, 6.07) is 60.3. The minimum Gasteiger partial charge on any atom is -0.455 e. The molecule has 6 nitrogen and oxygen atoms in total. The average molecular weight is 743 g/mol. The van der Waals surface area contributed by atoms with Gasteiger partial charge in [-0.05, 0) is 64.4 Å². The molecule has 0 saturated carbocycles. The van der Waals surface area contributed by atoms with E-state index in [0.717, 1.165) is 104 Å². The first-order valence-corrected chi connectivity index (χ1v) is 19.3. The fourth-order valence-corrected chi connectivity index (χ4v) is 8.48. The SMILES string of the molecule is c1ccc(-c2nc(-c3cc(-c4cccc5c4oc4ccccc45)cc(-c4cccc5c4oc4ccccc45)c3)nc(-c3c4ccccc4cc4ncccc34)n2)cc1. The zero-order valence-electron chi connectivity index (χ0n) is 30.9. The monoisotopic (exact) mass is 742 g/mol. The molecular formula is C52H30N4O2. The van der Waals surface area contributed by atoms with Crippen molar-refractivity contribution < 1.29 is 8.83 Å². The summed E-state index contributed by atoms with van der Waals surface area (Å²) in [4.78, 5) is 20.6. The highest BCUT2D eigenvalue weighted by atomic mass is 16.3. The van der Waals surface area contributed by atoms with Crippen molar-refractivity contribution in [2.45, 2.75) is 0 Å². The van der Waals surface area contributed by atoms with Gasteiger partial charge in [0.15, 0.2) is 17.5 Å². The van der Waals surface area contributed by atoms with Gasteiger partial charge in [0.1, 0.15) is 22.3 Å². The van der Waals surface area contributed by atoms with Crippen LogP contribution in [0, 0.1) is 0 Å². The standard InChI is InChI=1S/C52H30N4O2/c1-2-13-31(14-3-1)50-54-51(56-52(55-50)47-36-16-5-4-15-32(36)30-44-43(47)23-12-26-53-44)35-28-33(37-19-10-21-41-39-17-6-8-24-45(39)57-48(37)41)27-34(29-35)38-20-11-22-42-40-18-7-9-25-46(40)58-49(38)42/h1-30H. The second-order valence-electron chi connectivity index (χ2n) is 14.6. The van der Waals surface area contributed by atoms with Crippen molar-refractivity contribution >= 4 is 65.6 Å². The summed E-state index contributed by atoms with van der Waals surface area (Å²) in [6.07, 6.45) is 1.83. The van der Waals surface area contributed by atoms with Gasteiger partial charge < -0.3 is 8.83 Å². The lowest BCUT2D eigenvalue weighted by Crippen LogP contribution is -2.01. The van der Waals surface area contributed by atoms with Crippen LogP contribution in [0.4, 0.5) is 0 Å². The summed E-state index contributed by atoms with van der Waals surface area (Å²) >= 11 is 0. The minimum atomic E-state index is 0.547. The van der Waals surface area contributed by atoms with Gasteiger partial charge in [-0.15, -0.1) is 0 Å². The molecule has 0 spiro atoms. The Bertz CT molecular complexity index is 3400. The summed E-state index contributed by atoms with van der Waals surface area (Å²) in [6.45, 7) is 0. The lowest BCUT2D eigenvalue weighted by atomic mass is 9.94. The lowest BCUT2D eigenvalue weighted by molar-refractivity contribution is 0.670. The third-order valence-electron chi connectivity index (χ3n) is 11.1. The maximum atomic E-state index is 6.61. The van der Waals surface area contributed by atoms with Crippen LogP contribution in [0.1, 0.15) is 0 Å². The second kappa shape index (κ2) is 12.8.